The van der Waals surface area contributed by atoms with Crippen LogP contribution in [0.3, 0.4) is 0 Å². The first-order valence-electron chi connectivity index (χ1n) is 7.77. The highest BCUT2D eigenvalue weighted by Crippen LogP contribution is 2.23. The molecule has 1 rings (SSSR count). The van der Waals surface area contributed by atoms with Gasteiger partial charge in [0.15, 0.2) is 0 Å². The largest absolute Gasteiger partial charge is 0.394 e. The summed E-state index contributed by atoms with van der Waals surface area (Å²) in [7, 11) is 1.73. The van der Waals surface area contributed by atoms with Crippen LogP contribution in [0.5, 0.6) is 0 Å². The molecular weight excluding hydrogens is 264 g/mol. The van der Waals surface area contributed by atoms with Gasteiger partial charge in [-0.15, -0.1) is 0 Å². The van der Waals surface area contributed by atoms with Crippen LogP contribution in [0.1, 0.15) is 26.3 Å². The van der Waals surface area contributed by atoms with Crippen LogP contribution in [-0.4, -0.2) is 56.0 Å². The van der Waals surface area contributed by atoms with Gasteiger partial charge in [-0.3, -0.25) is 4.90 Å². The molecule has 0 heterocycles. The summed E-state index contributed by atoms with van der Waals surface area (Å²) in [5.41, 5.74) is 0.686. The Hall–Kier alpha value is -0.940. The lowest BCUT2D eigenvalue weighted by Crippen LogP contribution is -2.55. The highest BCUT2D eigenvalue weighted by molar-refractivity contribution is 5.25. The quantitative estimate of drug-likeness (QED) is 0.691. The lowest BCUT2D eigenvalue weighted by molar-refractivity contribution is 0.0566. The molecule has 0 aromatic heterocycles. The molecule has 2 unspecified atom stereocenters. The maximum Gasteiger partial charge on any atom is 0.0797 e. The molecule has 0 fully saturated rings. The molecule has 1 aromatic carbocycles. The molecule has 4 heteroatoms. The van der Waals surface area contributed by atoms with Crippen molar-refractivity contribution in [2.24, 2.45) is 0 Å². The van der Waals surface area contributed by atoms with E-state index in [0.717, 1.165) is 25.2 Å². The molecule has 0 amide bonds. The third kappa shape index (κ3) is 4.78. The standard InChI is InChI=1S/C17H30N2O2/c1-5-18-17(14-20,16-10-8-7-9-11-16)13-19(6-2)15(3)12-21-4/h7-11,15,18,20H,5-6,12-14H2,1-4H3. The van der Waals surface area contributed by atoms with Gasteiger partial charge in [0, 0.05) is 19.7 Å². The van der Waals surface area contributed by atoms with E-state index in [2.05, 4.69) is 43.1 Å². The third-order valence-corrected chi connectivity index (χ3v) is 4.02. The van der Waals surface area contributed by atoms with Crippen LogP contribution in [0, 0.1) is 0 Å². The van der Waals surface area contributed by atoms with Gasteiger partial charge in [-0.1, -0.05) is 44.2 Å². The van der Waals surface area contributed by atoms with E-state index in [9.17, 15) is 5.11 Å². The number of nitrogens with zero attached hydrogens (tertiary/aromatic N) is 1. The van der Waals surface area contributed by atoms with Gasteiger partial charge in [0.25, 0.3) is 0 Å². The zero-order valence-corrected chi connectivity index (χ0v) is 13.8. The van der Waals surface area contributed by atoms with Crippen molar-refractivity contribution < 1.29 is 9.84 Å². The minimum atomic E-state index is -0.436. The molecule has 0 spiro atoms. The van der Waals surface area contributed by atoms with Gasteiger partial charge in [0.2, 0.25) is 0 Å². The van der Waals surface area contributed by atoms with Crippen molar-refractivity contribution in [1.29, 1.82) is 0 Å². The second-order valence-corrected chi connectivity index (χ2v) is 5.50. The van der Waals surface area contributed by atoms with Crippen LogP contribution in [-0.2, 0) is 10.3 Å². The van der Waals surface area contributed by atoms with Crippen molar-refractivity contribution in [1.82, 2.24) is 10.2 Å². The van der Waals surface area contributed by atoms with Gasteiger partial charge >= 0.3 is 0 Å². The predicted octanol–water partition coefficient (Wildman–Crippen LogP) is 1.84. The number of nitrogens with one attached hydrogen (secondary N) is 1. The fraction of sp³-hybridized carbons (Fsp3) is 0.647. The average molecular weight is 294 g/mol. The number of likely N-dealkylation sites (N-methyl/N-ethyl adjacent to an activating group) is 2. The number of aliphatic hydroxyl groups excluding tert-OH is 1. The first-order valence-corrected chi connectivity index (χ1v) is 7.77. The summed E-state index contributed by atoms with van der Waals surface area (Å²) in [6.45, 7) is 9.62. The second-order valence-electron chi connectivity index (χ2n) is 5.50. The van der Waals surface area contributed by atoms with Gasteiger partial charge in [-0.25, -0.2) is 0 Å². The van der Waals surface area contributed by atoms with E-state index in [0.29, 0.717) is 12.6 Å². The molecule has 21 heavy (non-hydrogen) atoms. The van der Waals surface area contributed by atoms with Crippen LogP contribution in [0.25, 0.3) is 0 Å². The van der Waals surface area contributed by atoms with Crippen molar-refractivity contribution in [3.05, 3.63) is 35.9 Å². The summed E-state index contributed by atoms with van der Waals surface area (Å²) in [6, 6.07) is 10.5. The molecular formula is C17H30N2O2. The molecule has 120 valence electrons. The van der Waals surface area contributed by atoms with Crippen LogP contribution < -0.4 is 5.32 Å². The Morgan fingerprint density at radius 1 is 1.29 bits per heavy atom. The Morgan fingerprint density at radius 2 is 1.95 bits per heavy atom. The summed E-state index contributed by atoms with van der Waals surface area (Å²) in [4.78, 5) is 2.34. The summed E-state index contributed by atoms with van der Waals surface area (Å²) in [5, 5.41) is 13.6. The molecule has 0 aliphatic heterocycles. The molecule has 0 saturated carbocycles. The van der Waals surface area contributed by atoms with E-state index in [-0.39, 0.29) is 6.61 Å². The van der Waals surface area contributed by atoms with Crippen LogP contribution >= 0.6 is 0 Å². The minimum absolute atomic E-state index is 0.0705. The van der Waals surface area contributed by atoms with Gasteiger partial charge in [0.05, 0.1) is 18.8 Å². The third-order valence-electron chi connectivity index (χ3n) is 4.02. The van der Waals surface area contributed by atoms with Crippen molar-refractivity contribution in [3.8, 4) is 0 Å². The van der Waals surface area contributed by atoms with Crippen LogP contribution in [0.4, 0.5) is 0 Å². The monoisotopic (exact) mass is 294 g/mol. The maximum absolute atomic E-state index is 10.1. The molecule has 2 atom stereocenters. The number of benzene rings is 1. The Bertz CT molecular complexity index is 386. The Labute approximate surface area is 129 Å². The highest BCUT2D eigenvalue weighted by atomic mass is 16.5. The van der Waals surface area contributed by atoms with Crippen molar-refractivity contribution in [3.63, 3.8) is 0 Å². The Kier molecular flexibility index (Phi) is 7.89. The second kappa shape index (κ2) is 9.15. The summed E-state index contributed by atoms with van der Waals surface area (Å²) in [6.07, 6.45) is 0. The van der Waals surface area contributed by atoms with Gasteiger partial charge in [-0.05, 0) is 25.6 Å². The summed E-state index contributed by atoms with van der Waals surface area (Å²) < 4.78 is 5.28. The zero-order valence-electron chi connectivity index (χ0n) is 13.8. The molecule has 0 bridgehead atoms. The van der Waals surface area contributed by atoms with Crippen LogP contribution in [0.15, 0.2) is 30.3 Å². The fourth-order valence-corrected chi connectivity index (χ4v) is 2.81. The Morgan fingerprint density at radius 3 is 2.43 bits per heavy atom. The van der Waals surface area contributed by atoms with E-state index in [4.69, 9.17) is 4.74 Å². The molecule has 4 nitrogen and oxygen atoms in total. The fourth-order valence-electron chi connectivity index (χ4n) is 2.81. The molecule has 0 aliphatic carbocycles. The van der Waals surface area contributed by atoms with Gasteiger partial charge in [-0.2, -0.15) is 0 Å². The van der Waals surface area contributed by atoms with E-state index in [1.807, 2.05) is 18.2 Å². The smallest absolute Gasteiger partial charge is 0.0797 e. The van der Waals surface area contributed by atoms with Crippen molar-refractivity contribution in [2.45, 2.75) is 32.4 Å². The summed E-state index contributed by atoms with van der Waals surface area (Å²) >= 11 is 0. The van der Waals surface area contributed by atoms with Crippen LogP contribution in [0.2, 0.25) is 0 Å². The molecule has 0 aliphatic rings. The summed E-state index contributed by atoms with van der Waals surface area (Å²) in [5.74, 6) is 0. The van der Waals surface area contributed by atoms with E-state index < -0.39 is 5.54 Å². The number of ether oxygens (including phenoxy) is 1. The van der Waals surface area contributed by atoms with Crippen molar-refractivity contribution in [2.75, 3.05) is 40.0 Å². The van der Waals surface area contributed by atoms with E-state index in [1.54, 1.807) is 7.11 Å². The Balaban J connectivity index is 3.01. The first kappa shape index (κ1) is 18.1. The predicted molar refractivity (Wildman–Crippen MR) is 87.5 cm³/mol. The number of rotatable bonds is 10. The number of hydrogen-bond acceptors (Lipinski definition) is 4. The normalized spacial score (nSPS) is 15.9. The SMILES string of the molecule is CCNC(CO)(CN(CC)C(C)COC)c1ccccc1. The minimum Gasteiger partial charge on any atom is -0.394 e. The van der Waals surface area contributed by atoms with Gasteiger partial charge < -0.3 is 15.2 Å². The lowest BCUT2D eigenvalue weighted by atomic mass is 9.89. The highest BCUT2D eigenvalue weighted by Gasteiger charge is 2.33. The topological polar surface area (TPSA) is 44.7 Å². The number of hydrogen-bond donors (Lipinski definition) is 2. The number of aliphatic hydroxyl groups is 1. The molecule has 0 radical (unpaired) electrons. The lowest BCUT2D eigenvalue weighted by Gasteiger charge is -2.40. The molecule has 2 N–H and O–H groups in total. The molecule has 1 aromatic rings. The first-order chi connectivity index (χ1) is 10.1. The maximum atomic E-state index is 10.1. The van der Waals surface area contributed by atoms with E-state index >= 15 is 0 Å². The average Bonchev–Trinajstić information content (AvgIpc) is 2.52. The zero-order chi connectivity index (χ0) is 15.7. The van der Waals surface area contributed by atoms with E-state index in [1.165, 1.54) is 0 Å². The van der Waals surface area contributed by atoms with Crippen molar-refractivity contribution >= 4 is 0 Å². The van der Waals surface area contributed by atoms with Gasteiger partial charge in [0.1, 0.15) is 0 Å². The molecule has 0 saturated heterocycles. The number of methoxy groups -OCH3 is 1.